The van der Waals surface area contributed by atoms with Crippen LogP contribution >= 0.6 is 11.8 Å². The van der Waals surface area contributed by atoms with E-state index in [1.165, 1.54) is 10.5 Å². The molecule has 3 rings (SSSR count). The number of nitrogens with one attached hydrogen (secondary N) is 1. The zero-order valence-corrected chi connectivity index (χ0v) is 18.3. The van der Waals surface area contributed by atoms with Crippen LogP contribution in [0.15, 0.2) is 65.6 Å². The number of amides is 1. The Morgan fingerprint density at radius 1 is 0.867 bits per heavy atom. The van der Waals surface area contributed by atoms with Gasteiger partial charge >= 0.3 is 0 Å². The van der Waals surface area contributed by atoms with E-state index < -0.39 is 0 Å². The van der Waals surface area contributed by atoms with Crippen molar-refractivity contribution in [1.82, 2.24) is 0 Å². The molecular formula is C24H25NO4S. The number of benzene rings is 3. The van der Waals surface area contributed by atoms with Crippen LogP contribution in [0.2, 0.25) is 0 Å². The highest BCUT2D eigenvalue weighted by Gasteiger charge is 2.14. The zero-order chi connectivity index (χ0) is 21.5. The second-order valence-electron chi connectivity index (χ2n) is 6.65. The van der Waals surface area contributed by atoms with E-state index >= 15 is 0 Å². The standard InChI is InChI=1S/C24H25NO4S/c1-16-5-9-20(10-6-16)30-15-18-13-17(7-12-22(18)28-3)24(26)25-21-11-8-19(27-2)14-23(21)29-4/h5-14H,15H2,1-4H3,(H,25,26). The number of ether oxygens (including phenoxy) is 3. The van der Waals surface area contributed by atoms with Crippen LogP contribution in [0, 0.1) is 6.92 Å². The molecule has 0 fully saturated rings. The van der Waals surface area contributed by atoms with Gasteiger partial charge in [-0.15, -0.1) is 11.8 Å². The topological polar surface area (TPSA) is 56.8 Å². The largest absolute Gasteiger partial charge is 0.497 e. The summed E-state index contributed by atoms with van der Waals surface area (Å²) in [6.45, 7) is 2.07. The minimum Gasteiger partial charge on any atom is -0.497 e. The van der Waals surface area contributed by atoms with Gasteiger partial charge in [-0.3, -0.25) is 4.79 Å². The quantitative estimate of drug-likeness (QED) is 0.480. The maximum Gasteiger partial charge on any atom is 0.255 e. The lowest BCUT2D eigenvalue weighted by Gasteiger charge is -2.13. The van der Waals surface area contributed by atoms with Crippen LogP contribution in [0.3, 0.4) is 0 Å². The lowest BCUT2D eigenvalue weighted by atomic mass is 10.1. The Morgan fingerprint density at radius 3 is 2.27 bits per heavy atom. The van der Waals surface area contributed by atoms with Gasteiger partial charge in [-0.1, -0.05) is 17.7 Å². The second kappa shape index (κ2) is 10.1. The van der Waals surface area contributed by atoms with Crippen molar-refractivity contribution in [3.63, 3.8) is 0 Å². The first-order valence-electron chi connectivity index (χ1n) is 9.44. The molecule has 1 N–H and O–H groups in total. The van der Waals surface area contributed by atoms with Crippen LogP contribution in [0.4, 0.5) is 5.69 Å². The Labute approximate surface area is 181 Å². The van der Waals surface area contributed by atoms with E-state index in [4.69, 9.17) is 14.2 Å². The highest BCUT2D eigenvalue weighted by molar-refractivity contribution is 7.98. The minimum absolute atomic E-state index is 0.220. The highest BCUT2D eigenvalue weighted by atomic mass is 32.2. The first-order chi connectivity index (χ1) is 14.5. The number of anilines is 1. The number of hydrogen-bond acceptors (Lipinski definition) is 5. The van der Waals surface area contributed by atoms with Crippen molar-refractivity contribution >= 4 is 23.4 Å². The molecular weight excluding hydrogens is 398 g/mol. The molecule has 0 unspecified atom stereocenters. The van der Waals surface area contributed by atoms with Crippen molar-refractivity contribution in [2.24, 2.45) is 0 Å². The first-order valence-corrected chi connectivity index (χ1v) is 10.4. The molecule has 0 radical (unpaired) electrons. The van der Waals surface area contributed by atoms with Gasteiger partial charge < -0.3 is 19.5 Å². The molecule has 5 nitrogen and oxygen atoms in total. The van der Waals surface area contributed by atoms with Gasteiger partial charge in [0.25, 0.3) is 5.91 Å². The minimum atomic E-state index is -0.220. The fourth-order valence-electron chi connectivity index (χ4n) is 2.92. The summed E-state index contributed by atoms with van der Waals surface area (Å²) in [7, 11) is 4.77. The third-order valence-corrected chi connectivity index (χ3v) is 5.68. The molecule has 0 spiro atoms. The summed E-state index contributed by atoms with van der Waals surface area (Å²) in [5.74, 6) is 2.42. The number of methoxy groups -OCH3 is 3. The van der Waals surface area contributed by atoms with Gasteiger partial charge in [0.1, 0.15) is 17.2 Å². The third-order valence-electron chi connectivity index (χ3n) is 4.61. The van der Waals surface area contributed by atoms with Gasteiger partial charge in [0.15, 0.2) is 0 Å². The van der Waals surface area contributed by atoms with Gasteiger partial charge in [0, 0.05) is 27.8 Å². The number of aryl methyl sites for hydroxylation is 1. The van der Waals surface area contributed by atoms with Gasteiger partial charge in [0.05, 0.1) is 27.0 Å². The molecule has 0 aliphatic heterocycles. The molecule has 30 heavy (non-hydrogen) atoms. The number of carbonyl (C=O) groups excluding carboxylic acids is 1. The Morgan fingerprint density at radius 2 is 1.60 bits per heavy atom. The molecule has 0 heterocycles. The predicted molar refractivity (Wildman–Crippen MR) is 121 cm³/mol. The van der Waals surface area contributed by atoms with Gasteiger partial charge in [-0.2, -0.15) is 0 Å². The second-order valence-corrected chi connectivity index (χ2v) is 7.70. The molecule has 0 saturated heterocycles. The maximum atomic E-state index is 12.9. The SMILES string of the molecule is COc1ccc(NC(=O)c2ccc(OC)c(CSc3ccc(C)cc3)c2)c(OC)c1. The summed E-state index contributed by atoms with van der Waals surface area (Å²) >= 11 is 1.70. The molecule has 0 aliphatic carbocycles. The van der Waals surface area contributed by atoms with E-state index in [1.54, 1.807) is 57.4 Å². The van der Waals surface area contributed by atoms with E-state index in [2.05, 4.69) is 36.5 Å². The lowest BCUT2D eigenvalue weighted by Crippen LogP contribution is -2.13. The molecule has 6 heteroatoms. The summed E-state index contributed by atoms with van der Waals surface area (Å²) < 4.78 is 16.1. The van der Waals surface area contributed by atoms with Crippen molar-refractivity contribution in [2.75, 3.05) is 26.6 Å². The number of rotatable bonds is 8. The summed E-state index contributed by atoms with van der Waals surface area (Å²) in [6, 6.07) is 19.1. The third kappa shape index (κ3) is 5.27. The highest BCUT2D eigenvalue weighted by Crippen LogP contribution is 2.31. The average molecular weight is 424 g/mol. The smallest absolute Gasteiger partial charge is 0.255 e. The average Bonchev–Trinajstić information content (AvgIpc) is 2.78. The maximum absolute atomic E-state index is 12.9. The van der Waals surface area contributed by atoms with E-state index in [9.17, 15) is 4.79 Å². The summed E-state index contributed by atoms with van der Waals surface area (Å²) in [4.78, 5) is 14.0. The fourth-order valence-corrected chi connectivity index (χ4v) is 3.80. The molecule has 3 aromatic carbocycles. The van der Waals surface area contributed by atoms with Crippen LogP contribution in [-0.4, -0.2) is 27.2 Å². The van der Waals surface area contributed by atoms with E-state index in [0.717, 1.165) is 11.3 Å². The fraction of sp³-hybridized carbons (Fsp3) is 0.208. The molecule has 0 saturated carbocycles. The summed E-state index contributed by atoms with van der Waals surface area (Å²) in [5, 5.41) is 2.91. The van der Waals surface area contributed by atoms with Crippen molar-refractivity contribution < 1.29 is 19.0 Å². The van der Waals surface area contributed by atoms with Crippen LogP contribution in [0.1, 0.15) is 21.5 Å². The zero-order valence-electron chi connectivity index (χ0n) is 17.5. The molecule has 0 aliphatic rings. The van der Waals surface area contributed by atoms with Crippen molar-refractivity contribution in [2.45, 2.75) is 17.6 Å². The predicted octanol–water partition coefficient (Wildman–Crippen LogP) is 5.57. The number of thioether (sulfide) groups is 1. The van der Waals surface area contributed by atoms with Crippen LogP contribution < -0.4 is 19.5 Å². The van der Waals surface area contributed by atoms with Crippen LogP contribution in [-0.2, 0) is 5.75 Å². The van der Waals surface area contributed by atoms with Crippen LogP contribution in [0.5, 0.6) is 17.2 Å². The van der Waals surface area contributed by atoms with Gasteiger partial charge in [-0.25, -0.2) is 0 Å². The first kappa shape index (κ1) is 21.6. The number of carbonyl (C=O) groups is 1. The van der Waals surface area contributed by atoms with Crippen molar-refractivity contribution in [1.29, 1.82) is 0 Å². The molecule has 1 amide bonds. The molecule has 156 valence electrons. The molecule has 3 aromatic rings. The lowest BCUT2D eigenvalue weighted by molar-refractivity contribution is 0.102. The van der Waals surface area contributed by atoms with Crippen molar-refractivity contribution in [3.05, 3.63) is 77.4 Å². The monoisotopic (exact) mass is 423 g/mol. The Kier molecular flexibility index (Phi) is 7.25. The molecule has 0 bridgehead atoms. The molecule has 0 aromatic heterocycles. The Bertz CT molecular complexity index is 1020. The van der Waals surface area contributed by atoms with E-state index in [0.29, 0.717) is 28.5 Å². The molecule has 0 atom stereocenters. The normalized spacial score (nSPS) is 10.4. The van der Waals surface area contributed by atoms with E-state index in [-0.39, 0.29) is 5.91 Å². The number of hydrogen-bond donors (Lipinski definition) is 1. The Balaban J connectivity index is 1.78. The van der Waals surface area contributed by atoms with Crippen LogP contribution in [0.25, 0.3) is 0 Å². The van der Waals surface area contributed by atoms with E-state index in [1.807, 2.05) is 12.1 Å². The summed E-state index contributed by atoms with van der Waals surface area (Å²) in [5.41, 5.74) is 3.31. The Hall–Kier alpha value is -3.12. The van der Waals surface area contributed by atoms with Crippen molar-refractivity contribution in [3.8, 4) is 17.2 Å². The van der Waals surface area contributed by atoms with Gasteiger partial charge in [0.2, 0.25) is 0 Å². The summed E-state index contributed by atoms with van der Waals surface area (Å²) in [6.07, 6.45) is 0. The van der Waals surface area contributed by atoms with Gasteiger partial charge in [-0.05, 0) is 49.4 Å².